The molecule has 0 N–H and O–H groups in total. The van der Waals surface area contributed by atoms with Crippen molar-refractivity contribution in [3.05, 3.63) is 48.5 Å². The molecule has 8 nitrogen and oxygen atoms in total. The first-order chi connectivity index (χ1) is 16.8. The third kappa shape index (κ3) is 5.73. The van der Waals surface area contributed by atoms with Gasteiger partial charge in [-0.25, -0.2) is 8.42 Å². The number of hydrogen-bond acceptors (Lipinski definition) is 6. The molecule has 2 saturated heterocycles. The van der Waals surface area contributed by atoms with Crippen molar-refractivity contribution in [2.24, 2.45) is 5.92 Å². The molecule has 2 aliphatic rings. The molecule has 2 unspecified atom stereocenters. The molecule has 0 aliphatic carbocycles. The second kappa shape index (κ2) is 10.9. The summed E-state index contributed by atoms with van der Waals surface area (Å²) in [5.74, 6) is 1.58. The highest BCUT2D eigenvalue weighted by Gasteiger charge is 2.31. The van der Waals surface area contributed by atoms with Crippen LogP contribution in [0.5, 0.6) is 11.5 Å². The van der Waals surface area contributed by atoms with Gasteiger partial charge in [-0.15, -0.1) is 0 Å². The summed E-state index contributed by atoms with van der Waals surface area (Å²) in [6.45, 7) is 7.14. The maximum absolute atomic E-state index is 13.3. The zero-order valence-corrected chi connectivity index (χ0v) is 21.5. The van der Waals surface area contributed by atoms with E-state index in [1.807, 2.05) is 30.3 Å². The van der Waals surface area contributed by atoms with E-state index in [1.54, 1.807) is 41.4 Å². The van der Waals surface area contributed by atoms with Crippen LogP contribution in [0.4, 0.5) is 5.69 Å². The van der Waals surface area contributed by atoms with Crippen molar-refractivity contribution < 1.29 is 22.7 Å². The third-order valence-electron chi connectivity index (χ3n) is 6.74. The highest BCUT2D eigenvalue weighted by molar-refractivity contribution is 7.89. The Hall–Kier alpha value is -2.78. The van der Waals surface area contributed by atoms with Crippen molar-refractivity contribution in [3.8, 4) is 11.5 Å². The van der Waals surface area contributed by atoms with E-state index in [-0.39, 0.29) is 10.8 Å². The van der Waals surface area contributed by atoms with Crippen LogP contribution in [0.25, 0.3) is 0 Å². The Morgan fingerprint density at radius 3 is 2.40 bits per heavy atom. The summed E-state index contributed by atoms with van der Waals surface area (Å²) in [4.78, 5) is 17.1. The molecule has 2 fully saturated rings. The first kappa shape index (κ1) is 25.3. The van der Waals surface area contributed by atoms with Crippen LogP contribution < -0.4 is 14.4 Å². The lowest BCUT2D eigenvalue weighted by Gasteiger charge is -2.37. The van der Waals surface area contributed by atoms with Gasteiger partial charge in [0, 0.05) is 39.3 Å². The van der Waals surface area contributed by atoms with Crippen molar-refractivity contribution in [2.45, 2.75) is 37.7 Å². The van der Waals surface area contributed by atoms with Crippen molar-refractivity contribution in [2.75, 3.05) is 51.3 Å². The number of ether oxygens (including phenoxy) is 2. The fourth-order valence-electron chi connectivity index (χ4n) is 4.77. The maximum atomic E-state index is 13.3. The number of piperazine rings is 1. The number of benzene rings is 2. The fraction of sp³-hybridized carbons (Fsp3) is 0.500. The number of para-hydroxylation sites is 1. The highest BCUT2D eigenvalue weighted by Crippen LogP contribution is 2.33. The topological polar surface area (TPSA) is 79.4 Å². The van der Waals surface area contributed by atoms with Gasteiger partial charge < -0.3 is 19.3 Å². The predicted molar refractivity (Wildman–Crippen MR) is 135 cm³/mol. The Labute approximate surface area is 208 Å². The molecule has 9 heteroatoms. The highest BCUT2D eigenvalue weighted by atomic mass is 32.2. The average Bonchev–Trinajstić information content (AvgIpc) is 2.88. The van der Waals surface area contributed by atoms with Crippen molar-refractivity contribution in [1.82, 2.24) is 9.21 Å². The van der Waals surface area contributed by atoms with Gasteiger partial charge in [-0.3, -0.25) is 4.79 Å². The summed E-state index contributed by atoms with van der Waals surface area (Å²) in [5, 5.41) is 0. The number of carbonyl (C=O) groups excluding carboxylic acids is 1. The number of nitrogens with zero attached hydrogens (tertiary/aromatic N) is 3. The lowest BCUT2D eigenvalue weighted by molar-refractivity contribution is -0.138. The van der Waals surface area contributed by atoms with Gasteiger partial charge in [0.1, 0.15) is 11.5 Å². The fourth-order valence-corrected chi connectivity index (χ4v) is 6.39. The molecule has 2 aromatic carbocycles. The molecule has 35 heavy (non-hydrogen) atoms. The molecule has 0 saturated carbocycles. The number of rotatable bonds is 7. The monoisotopic (exact) mass is 501 g/mol. The van der Waals surface area contributed by atoms with E-state index < -0.39 is 16.1 Å². The Bertz CT molecular complexity index is 1120. The van der Waals surface area contributed by atoms with Gasteiger partial charge in [0.15, 0.2) is 6.10 Å². The van der Waals surface area contributed by atoms with Crippen LogP contribution in [0.1, 0.15) is 26.7 Å². The number of methoxy groups -OCH3 is 1. The molecule has 2 aliphatic heterocycles. The van der Waals surface area contributed by atoms with Crippen LogP contribution in [-0.4, -0.2) is 76.0 Å². The largest absolute Gasteiger partial charge is 0.495 e. The molecule has 1 amide bonds. The Kier molecular flexibility index (Phi) is 7.86. The first-order valence-corrected chi connectivity index (χ1v) is 13.7. The molecule has 0 bridgehead atoms. The standard InChI is InChI=1S/C26H35N3O5S/c1-20-8-7-13-29(19-20)35(31,32)23-11-12-25(33-3)24(18-23)27-14-16-28(17-15-27)26(30)21(2)34-22-9-5-4-6-10-22/h4-6,9-12,18,20-21H,7-8,13-17,19H2,1-3H3. The number of anilines is 1. The number of sulfonamides is 1. The number of hydrogen-bond donors (Lipinski definition) is 0. The van der Waals surface area contributed by atoms with Crippen LogP contribution >= 0.6 is 0 Å². The van der Waals surface area contributed by atoms with Gasteiger partial charge in [0.05, 0.1) is 17.7 Å². The van der Waals surface area contributed by atoms with E-state index in [0.717, 1.165) is 18.5 Å². The summed E-state index contributed by atoms with van der Waals surface area (Å²) in [6, 6.07) is 14.4. The molecule has 190 valence electrons. The van der Waals surface area contributed by atoms with E-state index in [4.69, 9.17) is 9.47 Å². The predicted octanol–water partition coefficient (Wildman–Crippen LogP) is 3.23. The van der Waals surface area contributed by atoms with E-state index in [2.05, 4.69) is 11.8 Å². The smallest absolute Gasteiger partial charge is 0.263 e. The van der Waals surface area contributed by atoms with Crippen LogP contribution in [0.15, 0.2) is 53.4 Å². The van der Waals surface area contributed by atoms with Crippen LogP contribution in [0.2, 0.25) is 0 Å². The minimum Gasteiger partial charge on any atom is -0.495 e. The van der Waals surface area contributed by atoms with Gasteiger partial charge in [0.25, 0.3) is 5.91 Å². The lowest BCUT2D eigenvalue weighted by Crippen LogP contribution is -2.52. The van der Waals surface area contributed by atoms with Gasteiger partial charge in [-0.05, 0) is 56.0 Å². The number of carbonyl (C=O) groups is 1. The molecule has 4 rings (SSSR count). The molecule has 2 atom stereocenters. The van der Waals surface area contributed by atoms with Crippen molar-refractivity contribution in [3.63, 3.8) is 0 Å². The molecular weight excluding hydrogens is 466 g/mol. The minimum absolute atomic E-state index is 0.0592. The quantitative estimate of drug-likeness (QED) is 0.580. The van der Waals surface area contributed by atoms with Gasteiger partial charge in [-0.1, -0.05) is 25.1 Å². The SMILES string of the molecule is COc1ccc(S(=O)(=O)N2CCCC(C)C2)cc1N1CCN(C(=O)C(C)Oc2ccccc2)CC1. The first-order valence-electron chi connectivity index (χ1n) is 12.2. The van der Waals surface area contributed by atoms with Gasteiger partial charge in [0.2, 0.25) is 10.0 Å². The normalized spacial score (nSPS) is 20.4. The van der Waals surface area contributed by atoms with Crippen LogP contribution in [-0.2, 0) is 14.8 Å². The van der Waals surface area contributed by atoms with E-state index in [1.165, 1.54) is 0 Å². The Morgan fingerprint density at radius 1 is 1.03 bits per heavy atom. The van der Waals surface area contributed by atoms with E-state index >= 15 is 0 Å². The second-order valence-corrected chi connectivity index (χ2v) is 11.3. The Morgan fingerprint density at radius 2 is 1.74 bits per heavy atom. The molecule has 0 radical (unpaired) electrons. The van der Waals surface area contributed by atoms with E-state index in [9.17, 15) is 13.2 Å². The number of amides is 1. The zero-order chi connectivity index (χ0) is 25.0. The minimum atomic E-state index is -3.58. The van der Waals surface area contributed by atoms with Crippen molar-refractivity contribution in [1.29, 1.82) is 0 Å². The average molecular weight is 502 g/mol. The number of piperidine rings is 1. The van der Waals surface area contributed by atoms with Crippen LogP contribution in [0, 0.1) is 5.92 Å². The summed E-state index contributed by atoms with van der Waals surface area (Å²) < 4.78 is 39.6. The van der Waals surface area contributed by atoms with Gasteiger partial charge >= 0.3 is 0 Å². The summed E-state index contributed by atoms with van der Waals surface area (Å²) >= 11 is 0. The lowest BCUT2D eigenvalue weighted by atomic mass is 10.0. The second-order valence-electron chi connectivity index (χ2n) is 9.33. The van der Waals surface area contributed by atoms with Crippen molar-refractivity contribution >= 4 is 21.6 Å². The summed E-state index contributed by atoms with van der Waals surface area (Å²) in [6.07, 6.45) is 1.35. The zero-order valence-electron chi connectivity index (χ0n) is 20.7. The summed E-state index contributed by atoms with van der Waals surface area (Å²) in [7, 11) is -1.99. The molecular formula is C26H35N3O5S. The molecule has 2 aromatic rings. The third-order valence-corrected chi connectivity index (χ3v) is 8.60. The molecule has 2 heterocycles. The van der Waals surface area contributed by atoms with Gasteiger partial charge in [-0.2, -0.15) is 4.31 Å². The molecule has 0 spiro atoms. The maximum Gasteiger partial charge on any atom is 0.263 e. The van der Waals surface area contributed by atoms with Crippen LogP contribution in [0.3, 0.4) is 0 Å². The van der Waals surface area contributed by atoms with E-state index in [0.29, 0.717) is 56.7 Å². The molecule has 0 aromatic heterocycles. The summed E-state index contributed by atoms with van der Waals surface area (Å²) in [5.41, 5.74) is 0.735. The Balaban J connectivity index is 1.44.